The fourth-order valence-corrected chi connectivity index (χ4v) is 5.04. The second kappa shape index (κ2) is 5.54. The zero-order chi connectivity index (χ0) is 14.2. The summed E-state index contributed by atoms with van der Waals surface area (Å²) in [4.78, 5) is 0.446. The Morgan fingerprint density at radius 3 is 2.53 bits per heavy atom. The van der Waals surface area contributed by atoms with E-state index < -0.39 is 10.0 Å². The number of piperidine rings is 1. The van der Waals surface area contributed by atoms with Gasteiger partial charge in [-0.15, -0.1) is 0 Å². The molecule has 0 N–H and O–H groups in total. The quantitative estimate of drug-likeness (QED) is 0.820. The average molecular weight is 346 g/mol. The molecule has 0 spiro atoms. The number of rotatable bonds is 2. The number of nitrogens with zero attached hydrogens (tertiary/aromatic N) is 1. The molecule has 0 unspecified atom stereocenters. The largest absolute Gasteiger partial charge is 0.243 e. The van der Waals surface area contributed by atoms with Crippen LogP contribution in [0.1, 0.15) is 37.3 Å². The van der Waals surface area contributed by atoms with Crippen molar-refractivity contribution >= 4 is 26.0 Å². The Labute approximate surface area is 124 Å². The Bertz CT molecular complexity index is 583. The van der Waals surface area contributed by atoms with Gasteiger partial charge in [0.25, 0.3) is 0 Å². The van der Waals surface area contributed by atoms with E-state index in [1.807, 2.05) is 26.8 Å². The summed E-state index contributed by atoms with van der Waals surface area (Å²) in [5, 5.41) is 0. The van der Waals surface area contributed by atoms with Crippen molar-refractivity contribution in [2.75, 3.05) is 6.54 Å². The van der Waals surface area contributed by atoms with Crippen molar-refractivity contribution in [3.05, 3.63) is 27.7 Å². The predicted molar refractivity (Wildman–Crippen MR) is 80.8 cm³/mol. The highest BCUT2D eigenvalue weighted by molar-refractivity contribution is 9.10. The molecule has 0 bridgehead atoms. The van der Waals surface area contributed by atoms with Crippen LogP contribution in [-0.4, -0.2) is 25.3 Å². The Morgan fingerprint density at radius 1 is 1.21 bits per heavy atom. The van der Waals surface area contributed by atoms with E-state index in [-0.39, 0.29) is 6.04 Å². The maximum absolute atomic E-state index is 12.8. The topological polar surface area (TPSA) is 37.4 Å². The maximum atomic E-state index is 12.8. The van der Waals surface area contributed by atoms with Gasteiger partial charge in [-0.25, -0.2) is 8.42 Å². The van der Waals surface area contributed by atoms with Crippen molar-refractivity contribution in [1.29, 1.82) is 0 Å². The Balaban J connectivity index is 2.47. The first-order chi connectivity index (χ1) is 8.84. The van der Waals surface area contributed by atoms with E-state index in [2.05, 4.69) is 15.9 Å². The summed E-state index contributed by atoms with van der Waals surface area (Å²) in [7, 11) is -3.37. The predicted octanol–water partition coefficient (Wildman–Crippen LogP) is 3.63. The molecule has 1 aromatic carbocycles. The van der Waals surface area contributed by atoms with Crippen molar-refractivity contribution < 1.29 is 8.42 Å². The normalized spacial score (nSPS) is 21.6. The van der Waals surface area contributed by atoms with Gasteiger partial charge in [-0.3, -0.25) is 0 Å². The summed E-state index contributed by atoms with van der Waals surface area (Å²) in [5.41, 5.74) is 1.75. The van der Waals surface area contributed by atoms with E-state index in [1.54, 1.807) is 10.4 Å². The molecule has 2 rings (SSSR count). The van der Waals surface area contributed by atoms with E-state index in [4.69, 9.17) is 0 Å². The average Bonchev–Trinajstić information content (AvgIpc) is 2.34. The van der Waals surface area contributed by atoms with Crippen LogP contribution < -0.4 is 0 Å². The number of aryl methyl sites for hydroxylation is 2. The molecule has 0 amide bonds. The van der Waals surface area contributed by atoms with Gasteiger partial charge in [0, 0.05) is 17.1 Å². The molecule has 5 heteroatoms. The van der Waals surface area contributed by atoms with Crippen molar-refractivity contribution in [3.8, 4) is 0 Å². The molecular weight excluding hydrogens is 326 g/mol. The number of hydrogen-bond donors (Lipinski definition) is 0. The molecule has 3 nitrogen and oxygen atoms in total. The van der Waals surface area contributed by atoms with E-state index in [1.165, 1.54) is 0 Å². The highest BCUT2D eigenvalue weighted by Gasteiger charge is 2.32. The Morgan fingerprint density at radius 2 is 1.89 bits per heavy atom. The molecule has 0 aromatic heterocycles. The van der Waals surface area contributed by atoms with E-state index >= 15 is 0 Å². The lowest BCUT2D eigenvalue weighted by atomic mass is 10.1. The third-order valence-corrected chi connectivity index (χ3v) is 6.79. The van der Waals surface area contributed by atoms with Gasteiger partial charge < -0.3 is 0 Å². The van der Waals surface area contributed by atoms with Crippen LogP contribution in [0.2, 0.25) is 0 Å². The summed E-state index contributed by atoms with van der Waals surface area (Å²) in [6, 6.07) is 3.76. The van der Waals surface area contributed by atoms with Gasteiger partial charge in [0.15, 0.2) is 0 Å². The SMILES string of the molecule is Cc1cc(S(=O)(=O)N2CCCC[C@@H]2C)c(C)cc1Br. The monoisotopic (exact) mass is 345 g/mol. The van der Waals surface area contributed by atoms with Crippen LogP contribution in [0, 0.1) is 13.8 Å². The lowest BCUT2D eigenvalue weighted by Gasteiger charge is -2.32. The molecule has 1 heterocycles. The van der Waals surface area contributed by atoms with Crippen LogP contribution in [-0.2, 0) is 10.0 Å². The third kappa shape index (κ3) is 2.88. The molecule has 19 heavy (non-hydrogen) atoms. The highest BCUT2D eigenvalue weighted by Crippen LogP contribution is 2.30. The molecule has 106 valence electrons. The van der Waals surface area contributed by atoms with E-state index in [9.17, 15) is 8.42 Å². The van der Waals surface area contributed by atoms with Gasteiger partial charge in [-0.2, -0.15) is 4.31 Å². The van der Waals surface area contributed by atoms with E-state index in [0.29, 0.717) is 11.4 Å². The highest BCUT2D eigenvalue weighted by atomic mass is 79.9. The summed E-state index contributed by atoms with van der Waals surface area (Å²) in [6.45, 7) is 6.41. The fraction of sp³-hybridized carbons (Fsp3) is 0.571. The standard InChI is InChI=1S/C14H20BrNO2S/c1-10-9-14(11(2)8-13(10)15)19(17,18)16-7-5-4-6-12(16)3/h8-9,12H,4-7H2,1-3H3/t12-/m0/s1. The maximum Gasteiger partial charge on any atom is 0.243 e. The molecule has 1 aliphatic rings. The van der Waals surface area contributed by atoms with Gasteiger partial charge in [0.2, 0.25) is 10.0 Å². The molecule has 1 fully saturated rings. The Hall–Kier alpha value is -0.390. The summed E-state index contributed by atoms with van der Waals surface area (Å²) < 4.78 is 28.2. The minimum Gasteiger partial charge on any atom is -0.207 e. The lowest BCUT2D eigenvalue weighted by Crippen LogP contribution is -2.42. The van der Waals surface area contributed by atoms with Gasteiger partial charge in [0.1, 0.15) is 0 Å². The first-order valence-corrected chi connectivity index (χ1v) is 8.86. The number of benzene rings is 1. The Kier molecular flexibility index (Phi) is 4.38. The van der Waals surface area contributed by atoms with Crippen LogP contribution >= 0.6 is 15.9 Å². The fourth-order valence-electron chi connectivity index (χ4n) is 2.59. The van der Waals surface area contributed by atoms with Crippen LogP contribution in [0.15, 0.2) is 21.5 Å². The van der Waals surface area contributed by atoms with Gasteiger partial charge in [-0.05, 0) is 56.9 Å². The van der Waals surface area contributed by atoms with Crippen LogP contribution in [0.25, 0.3) is 0 Å². The molecule has 0 radical (unpaired) electrons. The smallest absolute Gasteiger partial charge is 0.207 e. The first kappa shape index (κ1) is 15.0. The molecule has 0 saturated carbocycles. The summed E-state index contributed by atoms with van der Waals surface area (Å²) in [6.07, 6.45) is 3.03. The molecule has 1 aromatic rings. The third-order valence-electron chi connectivity index (χ3n) is 3.78. The van der Waals surface area contributed by atoms with Crippen molar-refractivity contribution in [2.24, 2.45) is 0 Å². The van der Waals surface area contributed by atoms with Gasteiger partial charge >= 0.3 is 0 Å². The minimum atomic E-state index is -3.37. The van der Waals surface area contributed by atoms with Gasteiger partial charge in [-0.1, -0.05) is 22.4 Å². The summed E-state index contributed by atoms with van der Waals surface area (Å²) >= 11 is 3.45. The first-order valence-electron chi connectivity index (χ1n) is 6.62. The number of sulfonamides is 1. The van der Waals surface area contributed by atoms with Crippen LogP contribution in [0.5, 0.6) is 0 Å². The minimum absolute atomic E-state index is 0.0992. The van der Waals surface area contributed by atoms with Crippen LogP contribution in [0.4, 0.5) is 0 Å². The molecular formula is C14H20BrNO2S. The summed E-state index contributed by atoms with van der Waals surface area (Å²) in [5.74, 6) is 0. The molecule has 1 aliphatic heterocycles. The second-order valence-electron chi connectivity index (χ2n) is 5.33. The zero-order valence-corrected chi connectivity index (χ0v) is 14.0. The lowest BCUT2D eigenvalue weighted by molar-refractivity contribution is 0.268. The van der Waals surface area contributed by atoms with Crippen molar-refractivity contribution in [2.45, 2.75) is 51.0 Å². The van der Waals surface area contributed by atoms with Gasteiger partial charge in [0.05, 0.1) is 4.90 Å². The van der Waals surface area contributed by atoms with Crippen molar-refractivity contribution in [3.63, 3.8) is 0 Å². The molecule has 1 atom stereocenters. The molecule has 0 aliphatic carbocycles. The number of halogens is 1. The van der Waals surface area contributed by atoms with Crippen LogP contribution in [0.3, 0.4) is 0 Å². The van der Waals surface area contributed by atoms with Crippen molar-refractivity contribution in [1.82, 2.24) is 4.31 Å². The zero-order valence-electron chi connectivity index (χ0n) is 11.6. The molecule has 1 saturated heterocycles. The second-order valence-corrected chi connectivity index (χ2v) is 8.04. The number of hydrogen-bond acceptors (Lipinski definition) is 2. The van der Waals surface area contributed by atoms with E-state index in [0.717, 1.165) is 34.9 Å².